The van der Waals surface area contributed by atoms with Crippen molar-refractivity contribution in [2.75, 3.05) is 18.0 Å². The lowest BCUT2D eigenvalue weighted by Gasteiger charge is -2.20. The zero-order valence-corrected chi connectivity index (χ0v) is 10.8. The number of nitro groups is 1. The molecule has 1 aromatic carbocycles. The molecule has 5 heteroatoms. The Bertz CT molecular complexity index is 648. The molecule has 1 aliphatic rings. The number of fused-ring (bicyclic) bond motifs is 1. The average Bonchev–Trinajstić information content (AvgIpc) is 2.90. The number of nitrogens with zero attached hydrogens (tertiary/aromatic N) is 3. The summed E-state index contributed by atoms with van der Waals surface area (Å²) in [6.07, 6.45) is 2.36. The standard InChI is InChI=1S/C14H15N3O2/c1-10-8-14(16-6-2-3-7-16)12-9-11(17(18)19)4-5-13(12)15-10/h4-5,8-9H,2-3,6-7H2,1H3. The van der Waals surface area contributed by atoms with Crippen molar-refractivity contribution in [3.05, 3.63) is 40.1 Å². The summed E-state index contributed by atoms with van der Waals surface area (Å²) < 4.78 is 0. The Balaban J connectivity index is 2.22. The van der Waals surface area contributed by atoms with Gasteiger partial charge < -0.3 is 4.90 Å². The van der Waals surface area contributed by atoms with Gasteiger partial charge in [0.15, 0.2) is 0 Å². The van der Waals surface area contributed by atoms with Crippen LogP contribution in [0.3, 0.4) is 0 Å². The lowest BCUT2D eigenvalue weighted by atomic mass is 10.1. The van der Waals surface area contributed by atoms with Crippen molar-refractivity contribution in [2.24, 2.45) is 0 Å². The molecule has 2 aromatic rings. The van der Waals surface area contributed by atoms with E-state index >= 15 is 0 Å². The number of pyridine rings is 1. The molecule has 0 aliphatic carbocycles. The van der Waals surface area contributed by atoms with Gasteiger partial charge in [0.2, 0.25) is 0 Å². The fourth-order valence-electron chi connectivity index (χ4n) is 2.66. The number of non-ortho nitro benzene ring substituents is 1. The maximum absolute atomic E-state index is 10.9. The Labute approximate surface area is 111 Å². The van der Waals surface area contributed by atoms with E-state index in [1.54, 1.807) is 12.1 Å². The van der Waals surface area contributed by atoms with Crippen molar-refractivity contribution in [3.8, 4) is 0 Å². The highest BCUT2D eigenvalue weighted by Gasteiger charge is 2.17. The van der Waals surface area contributed by atoms with Gasteiger partial charge >= 0.3 is 0 Å². The molecule has 0 spiro atoms. The van der Waals surface area contributed by atoms with Crippen molar-refractivity contribution >= 4 is 22.3 Å². The molecule has 5 nitrogen and oxygen atoms in total. The third kappa shape index (κ3) is 2.12. The SMILES string of the molecule is Cc1cc(N2CCCC2)c2cc([N+](=O)[O-])ccc2n1. The van der Waals surface area contributed by atoms with Crippen LogP contribution in [0.25, 0.3) is 10.9 Å². The lowest BCUT2D eigenvalue weighted by Crippen LogP contribution is -2.18. The maximum Gasteiger partial charge on any atom is 0.270 e. The third-order valence-corrected chi connectivity index (χ3v) is 3.56. The predicted octanol–water partition coefficient (Wildman–Crippen LogP) is 3.05. The van der Waals surface area contributed by atoms with Gasteiger partial charge in [-0.15, -0.1) is 0 Å². The van der Waals surface area contributed by atoms with Gasteiger partial charge in [0, 0.05) is 42.0 Å². The molecular formula is C14H15N3O2. The first-order valence-electron chi connectivity index (χ1n) is 6.46. The summed E-state index contributed by atoms with van der Waals surface area (Å²) in [5, 5.41) is 11.8. The number of hydrogen-bond acceptors (Lipinski definition) is 4. The van der Waals surface area contributed by atoms with Crippen molar-refractivity contribution < 1.29 is 4.92 Å². The van der Waals surface area contributed by atoms with Crippen molar-refractivity contribution in [3.63, 3.8) is 0 Å². The molecule has 0 radical (unpaired) electrons. The maximum atomic E-state index is 10.9. The van der Waals surface area contributed by atoms with Gasteiger partial charge in [-0.05, 0) is 31.9 Å². The third-order valence-electron chi connectivity index (χ3n) is 3.56. The zero-order chi connectivity index (χ0) is 13.4. The van der Waals surface area contributed by atoms with Crippen molar-refractivity contribution in [2.45, 2.75) is 19.8 Å². The molecule has 0 amide bonds. The summed E-state index contributed by atoms with van der Waals surface area (Å²) >= 11 is 0. The quantitative estimate of drug-likeness (QED) is 0.613. The summed E-state index contributed by atoms with van der Waals surface area (Å²) in [6.45, 7) is 3.99. The molecule has 0 atom stereocenters. The van der Waals surface area contributed by atoms with Crippen LogP contribution < -0.4 is 4.90 Å². The van der Waals surface area contributed by atoms with Gasteiger partial charge in [0.05, 0.1) is 10.4 Å². The Kier molecular flexibility index (Phi) is 2.81. The number of rotatable bonds is 2. The summed E-state index contributed by atoms with van der Waals surface area (Å²) in [6, 6.07) is 6.91. The minimum Gasteiger partial charge on any atom is -0.371 e. The second kappa shape index (κ2) is 4.50. The molecule has 1 saturated heterocycles. The normalized spacial score (nSPS) is 15.1. The van der Waals surface area contributed by atoms with Gasteiger partial charge in [-0.3, -0.25) is 15.1 Å². The van der Waals surface area contributed by atoms with Crippen LogP contribution in [0.4, 0.5) is 11.4 Å². The number of aryl methyl sites for hydroxylation is 1. The van der Waals surface area contributed by atoms with E-state index in [-0.39, 0.29) is 10.6 Å². The highest BCUT2D eigenvalue weighted by atomic mass is 16.6. The smallest absolute Gasteiger partial charge is 0.270 e. The van der Waals surface area contributed by atoms with Crippen LogP contribution >= 0.6 is 0 Å². The lowest BCUT2D eigenvalue weighted by molar-refractivity contribution is -0.384. The first-order chi connectivity index (χ1) is 9.15. The molecule has 19 heavy (non-hydrogen) atoms. The zero-order valence-electron chi connectivity index (χ0n) is 10.8. The number of nitro benzene ring substituents is 1. The molecule has 1 aromatic heterocycles. The molecule has 98 valence electrons. The van der Waals surface area contributed by atoms with Crippen molar-refractivity contribution in [1.82, 2.24) is 4.98 Å². The molecule has 0 saturated carbocycles. The molecule has 0 bridgehead atoms. The Morgan fingerprint density at radius 1 is 1.26 bits per heavy atom. The summed E-state index contributed by atoms with van der Waals surface area (Å²) in [5.41, 5.74) is 2.97. The van der Waals surface area contributed by atoms with Gasteiger partial charge in [-0.25, -0.2) is 0 Å². The summed E-state index contributed by atoms with van der Waals surface area (Å²) in [7, 11) is 0. The van der Waals surface area contributed by atoms with Gasteiger partial charge in [0.1, 0.15) is 0 Å². The molecule has 1 aliphatic heterocycles. The number of benzene rings is 1. The van der Waals surface area contributed by atoms with Crippen LogP contribution in [0.15, 0.2) is 24.3 Å². The fourth-order valence-corrected chi connectivity index (χ4v) is 2.66. The van der Waals surface area contributed by atoms with Crippen LogP contribution in [0.2, 0.25) is 0 Å². The highest BCUT2D eigenvalue weighted by Crippen LogP contribution is 2.31. The minimum absolute atomic E-state index is 0.124. The fraction of sp³-hybridized carbons (Fsp3) is 0.357. The summed E-state index contributed by atoms with van der Waals surface area (Å²) in [4.78, 5) is 17.3. The topological polar surface area (TPSA) is 59.3 Å². The molecule has 0 N–H and O–H groups in total. The van der Waals surface area contributed by atoms with Gasteiger partial charge in [-0.2, -0.15) is 0 Å². The Hall–Kier alpha value is -2.17. The highest BCUT2D eigenvalue weighted by molar-refractivity contribution is 5.93. The number of aromatic nitrogens is 1. The largest absolute Gasteiger partial charge is 0.371 e. The predicted molar refractivity (Wildman–Crippen MR) is 74.6 cm³/mol. The van der Waals surface area contributed by atoms with E-state index in [0.717, 1.165) is 35.4 Å². The average molecular weight is 257 g/mol. The molecular weight excluding hydrogens is 242 g/mol. The number of anilines is 1. The second-order valence-electron chi connectivity index (χ2n) is 4.94. The Morgan fingerprint density at radius 3 is 2.68 bits per heavy atom. The first kappa shape index (κ1) is 11.9. The van der Waals surface area contributed by atoms with Crippen LogP contribution in [0, 0.1) is 17.0 Å². The van der Waals surface area contributed by atoms with Crippen LogP contribution in [0.5, 0.6) is 0 Å². The Morgan fingerprint density at radius 2 is 2.00 bits per heavy atom. The van der Waals surface area contributed by atoms with E-state index in [4.69, 9.17) is 0 Å². The minimum atomic E-state index is -0.354. The van der Waals surface area contributed by atoms with Gasteiger partial charge in [-0.1, -0.05) is 0 Å². The molecule has 3 rings (SSSR count). The summed E-state index contributed by atoms with van der Waals surface area (Å²) in [5.74, 6) is 0. The van der Waals surface area contributed by atoms with Gasteiger partial charge in [0.25, 0.3) is 5.69 Å². The van der Waals surface area contributed by atoms with E-state index in [2.05, 4.69) is 9.88 Å². The number of hydrogen-bond donors (Lipinski definition) is 0. The van der Waals surface area contributed by atoms with E-state index < -0.39 is 0 Å². The van der Waals surface area contributed by atoms with Crippen LogP contribution in [-0.4, -0.2) is 23.0 Å². The van der Waals surface area contributed by atoms with Crippen LogP contribution in [-0.2, 0) is 0 Å². The monoisotopic (exact) mass is 257 g/mol. The molecule has 1 fully saturated rings. The van der Waals surface area contributed by atoms with E-state index in [0.29, 0.717) is 0 Å². The first-order valence-corrected chi connectivity index (χ1v) is 6.46. The molecule has 2 heterocycles. The van der Waals surface area contributed by atoms with E-state index in [9.17, 15) is 10.1 Å². The van der Waals surface area contributed by atoms with Crippen LogP contribution in [0.1, 0.15) is 18.5 Å². The van der Waals surface area contributed by atoms with Crippen molar-refractivity contribution in [1.29, 1.82) is 0 Å². The molecule has 0 unspecified atom stereocenters. The van der Waals surface area contributed by atoms with E-state index in [1.165, 1.54) is 18.9 Å². The second-order valence-corrected chi connectivity index (χ2v) is 4.94. The van der Waals surface area contributed by atoms with E-state index in [1.807, 2.05) is 13.0 Å².